The van der Waals surface area contributed by atoms with Gasteiger partial charge in [0.15, 0.2) is 0 Å². The van der Waals surface area contributed by atoms with Gasteiger partial charge in [0.25, 0.3) is 0 Å². The number of anilines is 1. The number of hydrogen-bond acceptors (Lipinski definition) is 6. The van der Waals surface area contributed by atoms with Crippen LogP contribution in [0.5, 0.6) is 5.75 Å². The van der Waals surface area contributed by atoms with Crippen LogP contribution in [0.4, 0.5) is 5.69 Å². The molecule has 0 unspecified atom stereocenters. The molecule has 0 aliphatic carbocycles. The average Bonchev–Trinajstić information content (AvgIpc) is 2.42. The first kappa shape index (κ1) is 17.2. The molecule has 0 spiro atoms. The van der Waals surface area contributed by atoms with E-state index >= 15 is 0 Å². The third-order valence-electron chi connectivity index (χ3n) is 2.58. The number of hydrogen-bond donors (Lipinski definition) is 4. The number of nitrogens with one attached hydrogen (secondary N) is 2. The molecule has 9 heteroatoms. The van der Waals surface area contributed by atoms with E-state index in [0.717, 1.165) is 6.07 Å². The zero-order chi connectivity index (χ0) is 15.9. The number of aromatic hydroxyl groups is 1. The highest BCUT2D eigenvalue weighted by Gasteiger charge is 2.15. The summed E-state index contributed by atoms with van der Waals surface area (Å²) in [5.74, 6) is -0.466. The molecule has 0 heterocycles. The molecule has 118 valence electrons. The summed E-state index contributed by atoms with van der Waals surface area (Å²) in [5, 5.41) is 11.8. The molecule has 5 N–H and O–H groups in total. The summed E-state index contributed by atoms with van der Waals surface area (Å²) >= 11 is 0. The molecule has 0 atom stereocenters. The summed E-state index contributed by atoms with van der Waals surface area (Å²) in [4.78, 5) is 11.3. The van der Waals surface area contributed by atoms with E-state index < -0.39 is 10.0 Å². The summed E-state index contributed by atoms with van der Waals surface area (Å²) in [6, 6.07) is 3.57. The predicted octanol–water partition coefficient (Wildman–Crippen LogP) is -0.595. The van der Waals surface area contributed by atoms with E-state index in [1.165, 1.54) is 19.2 Å². The van der Waals surface area contributed by atoms with E-state index in [1.54, 1.807) is 0 Å². The van der Waals surface area contributed by atoms with Gasteiger partial charge < -0.3 is 20.9 Å². The van der Waals surface area contributed by atoms with Crippen molar-refractivity contribution in [1.82, 2.24) is 10.0 Å². The highest BCUT2D eigenvalue weighted by atomic mass is 32.2. The topological polar surface area (TPSA) is 131 Å². The van der Waals surface area contributed by atoms with E-state index in [4.69, 9.17) is 10.5 Å². The van der Waals surface area contributed by atoms with Gasteiger partial charge in [-0.25, -0.2) is 13.1 Å². The van der Waals surface area contributed by atoms with Gasteiger partial charge in [0, 0.05) is 26.6 Å². The average molecular weight is 317 g/mol. The van der Waals surface area contributed by atoms with Gasteiger partial charge in [-0.15, -0.1) is 0 Å². The number of carbonyl (C=O) groups excluding carboxylic acids is 1. The molecule has 0 saturated heterocycles. The van der Waals surface area contributed by atoms with Gasteiger partial charge in [-0.05, 0) is 18.2 Å². The zero-order valence-electron chi connectivity index (χ0n) is 11.6. The van der Waals surface area contributed by atoms with Crippen molar-refractivity contribution in [3.05, 3.63) is 18.2 Å². The van der Waals surface area contributed by atoms with Crippen LogP contribution < -0.4 is 15.8 Å². The molecule has 0 aromatic heterocycles. The van der Waals surface area contributed by atoms with Crippen molar-refractivity contribution >= 4 is 21.6 Å². The van der Waals surface area contributed by atoms with Crippen LogP contribution in [0.1, 0.15) is 6.42 Å². The second-order valence-corrected chi connectivity index (χ2v) is 5.98. The Morgan fingerprint density at radius 2 is 2.10 bits per heavy atom. The Labute approximate surface area is 123 Å². The first-order chi connectivity index (χ1) is 9.86. The fraction of sp³-hybridized carbons (Fsp3) is 0.417. The van der Waals surface area contributed by atoms with Crippen molar-refractivity contribution in [1.29, 1.82) is 0 Å². The molecule has 8 nitrogen and oxygen atoms in total. The molecular weight excluding hydrogens is 298 g/mol. The van der Waals surface area contributed by atoms with E-state index in [0.29, 0.717) is 13.2 Å². The number of carbonyl (C=O) groups is 1. The minimum Gasteiger partial charge on any atom is -0.506 e. The van der Waals surface area contributed by atoms with Gasteiger partial charge in [-0.1, -0.05) is 0 Å². The molecule has 0 fully saturated rings. The first-order valence-corrected chi connectivity index (χ1v) is 7.69. The van der Waals surface area contributed by atoms with Crippen LogP contribution >= 0.6 is 0 Å². The first-order valence-electron chi connectivity index (χ1n) is 6.20. The minimum atomic E-state index is -3.77. The summed E-state index contributed by atoms with van der Waals surface area (Å²) in [7, 11) is -2.25. The van der Waals surface area contributed by atoms with Crippen LogP contribution in [0, 0.1) is 0 Å². The maximum Gasteiger partial charge on any atom is 0.240 e. The molecule has 0 saturated carbocycles. The van der Waals surface area contributed by atoms with Crippen LogP contribution in [0.3, 0.4) is 0 Å². The van der Waals surface area contributed by atoms with Crippen molar-refractivity contribution < 1.29 is 23.1 Å². The number of nitrogens with two attached hydrogens (primary N) is 1. The van der Waals surface area contributed by atoms with Crippen LogP contribution in [0.2, 0.25) is 0 Å². The maximum atomic E-state index is 11.9. The molecule has 21 heavy (non-hydrogen) atoms. The summed E-state index contributed by atoms with van der Waals surface area (Å²) in [6.45, 7) is 0.725. The summed E-state index contributed by atoms with van der Waals surface area (Å²) in [6.07, 6.45) is 0.0104. The van der Waals surface area contributed by atoms with Gasteiger partial charge in [-0.2, -0.15) is 0 Å². The Morgan fingerprint density at radius 3 is 2.71 bits per heavy atom. The maximum absolute atomic E-state index is 11.9. The summed E-state index contributed by atoms with van der Waals surface area (Å²) in [5.41, 5.74) is 5.41. The molecule has 1 rings (SSSR count). The van der Waals surface area contributed by atoms with Crippen LogP contribution in [-0.2, 0) is 19.6 Å². The number of phenolic OH excluding ortho intramolecular Hbond substituents is 1. The third-order valence-corrected chi connectivity index (χ3v) is 4.04. The zero-order valence-corrected chi connectivity index (χ0v) is 12.4. The number of rotatable bonds is 8. The minimum absolute atomic E-state index is 0.0104. The van der Waals surface area contributed by atoms with Crippen molar-refractivity contribution in [2.45, 2.75) is 11.3 Å². The number of ether oxygens (including phenoxy) is 1. The van der Waals surface area contributed by atoms with E-state index in [9.17, 15) is 18.3 Å². The van der Waals surface area contributed by atoms with Gasteiger partial charge in [0.1, 0.15) is 5.75 Å². The van der Waals surface area contributed by atoms with E-state index in [-0.39, 0.29) is 35.2 Å². The van der Waals surface area contributed by atoms with E-state index in [2.05, 4.69) is 10.0 Å². The lowest BCUT2D eigenvalue weighted by atomic mass is 10.3. The van der Waals surface area contributed by atoms with Gasteiger partial charge in [0.05, 0.1) is 17.2 Å². The SMILES string of the molecule is COCCNC(=O)CCNS(=O)(=O)c1ccc(O)c(N)c1. The lowest BCUT2D eigenvalue weighted by Crippen LogP contribution is -2.32. The van der Waals surface area contributed by atoms with E-state index in [1.807, 2.05) is 0 Å². The second-order valence-electron chi connectivity index (χ2n) is 4.21. The molecule has 0 bridgehead atoms. The van der Waals surface area contributed by atoms with Crippen molar-refractivity contribution in [2.24, 2.45) is 0 Å². The molecule has 1 amide bonds. The number of phenols is 1. The number of amides is 1. The highest BCUT2D eigenvalue weighted by molar-refractivity contribution is 7.89. The lowest BCUT2D eigenvalue weighted by molar-refractivity contribution is -0.121. The predicted molar refractivity (Wildman–Crippen MR) is 77.2 cm³/mol. The van der Waals surface area contributed by atoms with Crippen molar-refractivity contribution in [2.75, 3.05) is 32.5 Å². The molecule has 0 aliphatic heterocycles. The summed E-state index contributed by atoms with van der Waals surface area (Å²) < 4.78 is 30.9. The quantitative estimate of drug-likeness (QED) is 0.288. The Balaban J connectivity index is 2.50. The standard InChI is InChI=1S/C12H19N3O5S/c1-20-7-6-14-12(17)4-5-15-21(18,19)9-2-3-11(16)10(13)8-9/h2-3,8,15-16H,4-7,13H2,1H3,(H,14,17). The highest BCUT2D eigenvalue weighted by Crippen LogP contribution is 2.22. The molecule has 0 radical (unpaired) electrons. The molecule has 0 aliphatic rings. The number of nitrogen functional groups attached to an aromatic ring is 1. The van der Waals surface area contributed by atoms with Crippen molar-refractivity contribution in [3.63, 3.8) is 0 Å². The third kappa shape index (κ3) is 5.58. The second kappa shape index (κ2) is 7.81. The fourth-order valence-electron chi connectivity index (χ4n) is 1.46. The van der Waals surface area contributed by atoms with Crippen LogP contribution in [-0.4, -0.2) is 46.2 Å². The van der Waals surface area contributed by atoms with Gasteiger partial charge in [0.2, 0.25) is 15.9 Å². The number of sulfonamides is 1. The molecule has 1 aromatic carbocycles. The number of benzene rings is 1. The monoisotopic (exact) mass is 317 g/mol. The lowest BCUT2D eigenvalue weighted by Gasteiger charge is -2.08. The smallest absolute Gasteiger partial charge is 0.240 e. The fourth-order valence-corrected chi connectivity index (χ4v) is 2.53. The Bertz CT molecular complexity index is 589. The molecular formula is C12H19N3O5S. The molecule has 1 aromatic rings. The van der Waals surface area contributed by atoms with Crippen LogP contribution in [0.15, 0.2) is 23.1 Å². The Hall–Kier alpha value is -1.84. The number of methoxy groups -OCH3 is 1. The van der Waals surface area contributed by atoms with Gasteiger partial charge in [-0.3, -0.25) is 4.79 Å². The normalized spacial score (nSPS) is 11.3. The Morgan fingerprint density at radius 1 is 1.38 bits per heavy atom. The van der Waals surface area contributed by atoms with Crippen LogP contribution in [0.25, 0.3) is 0 Å². The largest absolute Gasteiger partial charge is 0.506 e. The van der Waals surface area contributed by atoms with Crippen molar-refractivity contribution in [3.8, 4) is 5.75 Å². The Kier molecular flexibility index (Phi) is 6.40. The van der Waals surface area contributed by atoms with Gasteiger partial charge >= 0.3 is 0 Å².